The van der Waals surface area contributed by atoms with E-state index in [1.54, 1.807) is 18.2 Å². The Morgan fingerprint density at radius 3 is 2.75 bits per heavy atom. The van der Waals surface area contributed by atoms with E-state index < -0.39 is 4.92 Å². The number of carbonyl (C=O) groups is 1. The van der Waals surface area contributed by atoms with Crippen LogP contribution in [0.3, 0.4) is 0 Å². The molecule has 16 heavy (non-hydrogen) atoms. The molecular weight excluding hydrogens is 210 g/mol. The highest BCUT2D eigenvalue weighted by molar-refractivity contribution is 5.82. The van der Waals surface area contributed by atoms with Gasteiger partial charge < -0.3 is 5.11 Å². The second kappa shape index (κ2) is 5.77. The lowest BCUT2D eigenvalue weighted by Crippen LogP contribution is -1.94. The molecule has 0 unspecified atom stereocenters. The van der Waals surface area contributed by atoms with Crippen LogP contribution < -0.4 is 0 Å². The van der Waals surface area contributed by atoms with Crippen molar-refractivity contribution in [1.29, 1.82) is 0 Å². The van der Waals surface area contributed by atoms with E-state index in [0.717, 1.165) is 0 Å². The summed E-state index contributed by atoms with van der Waals surface area (Å²) in [6.07, 6.45) is 4.40. The SMILES string of the molecule is O=Cc1cc(C=CCCO)ccc1[N+](=O)[O-]. The smallest absolute Gasteiger partial charge is 0.279 e. The molecule has 0 aliphatic carbocycles. The first-order chi connectivity index (χ1) is 7.69. The maximum absolute atomic E-state index is 10.6. The van der Waals surface area contributed by atoms with Crippen molar-refractivity contribution in [2.45, 2.75) is 6.42 Å². The molecule has 1 aromatic rings. The average molecular weight is 221 g/mol. The van der Waals surface area contributed by atoms with Gasteiger partial charge in [0.2, 0.25) is 0 Å². The maximum Gasteiger partial charge on any atom is 0.279 e. The Labute approximate surface area is 92.2 Å². The van der Waals surface area contributed by atoms with Gasteiger partial charge in [0, 0.05) is 12.7 Å². The summed E-state index contributed by atoms with van der Waals surface area (Å²) in [5, 5.41) is 19.1. The van der Waals surface area contributed by atoms with E-state index in [1.165, 1.54) is 12.1 Å². The number of aliphatic hydroxyl groups excluding tert-OH is 1. The number of hydrogen-bond donors (Lipinski definition) is 1. The summed E-state index contributed by atoms with van der Waals surface area (Å²) < 4.78 is 0. The molecule has 0 aromatic heterocycles. The molecule has 84 valence electrons. The third-order valence-electron chi connectivity index (χ3n) is 1.98. The first kappa shape index (κ1) is 12.1. The van der Waals surface area contributed by atoms with Crippen molar-refractivity contribution in [3.8, 4) is 0 Å². The van der Waals surface area contributed by atoms with Gasteiger partial charge in [-0.3, -0.25) is 14.9 Å². The summed E-state index contributed by atoms with van der Waals surface area (Å²) in [6.45, 7) is 0.0457. The van der Waals surface area contributed by atoms with Crippen molar-refractivity contribution in [3.05, 3.63) is 45.5 Å². The molecule has 1 aromatic carbocycles. The van der Waals surface area contributed by atoms with Crippen LogP contribution in [0.5, 0.6) is 0 Å². The highest BCUT2D eigenvalue weighted by Gasteiger charge is 2.12. The van der Waals surface area contributed by atoms with Gasteiger partial charge in [0.15, 0.2) is 6.29 Å². The van der Waals surface area contributed by atoms with Gasteiger partial charge in [0.05, 0.1) is 10.5 Å². The van der Waals surface area contributed by atoms with Gasteiger partial charge in [-0.25, -0.2) is 0 Å². The first-order valence-electron chi connectivity index (χ1n) is 4.70. The third kappa shape index (κ3) is 2.99. The molecule has 0 fully saturated rings. The molecule has 0 saturated carbocycles. The Morgan fingerprint density at radius 2 is 2.19 bits per heavy atom. The number of aliphatic hydroxyl groups is 1. The minimum Gasteiger partial charge on any atom is -0.396 e. The third-order valence-corrected chi connectivity index (χ3v) is 1.98. The van der Waals surface area contributed by atoms with Crippen LogP contribution in [-0.4, -0.2) is 22.9 Å². The number of carbonyl (C=O) groups excluding carboxylic acids is 1. The lowest BCUT2D eigenvalue weighted by Gasteiger charge is -1.97. The van der Waals surface area contributed by atoms with E-state index in [-0.39, 0.29) is 17.9 Å². The summed E-state index contributed by atoms with van der Waals surface area (Å²) in [4.78, 5) is 20.6. The van der Waals surface area contributed by atoms with Gasteiger partial charge in [-0.05, 0) is 24.1 Å². The predicted molar refractivity (Wildman–Crippen MR) is 59.2 cm³/mol. The molecule has 0 heterocycles. The Hall–Kier alpha value is -2.01. The average Bonchev–Trinajstić information content (AvgIpc) is 2.29. The van der Waals surface area contributed by atoms with Gasteiger partial charge >= 0.3 is 0 Å². The van der Waals surface area contributed by atoms with E-state index in [9.17, 15) is 14.9 Å². The lowest BCUT2D eigenvalue weighted by atomic mass is 10.1. The van der Waals surface area contributed by atoms with Crippen molar-refractivity contribution in [2.75, 3.05) is 6.61 Å². The molecule has 0 aliphatic rings. The van der Waals surface area contributed by atoms with Crippen molar-refractivity contribution in [2.24, 2.45) is 0 Å². The molecular formula is C11H11NO4. The Kier molecular flexibility index (Phi) is 4.35. The number of nitro benzene ring substituents is 1. The van der Waals surface area contributed by atoms with Crippen LogP contribution in [-0.2, 0) is 0 Å². The van der Waals surface area contributed by atoms with Crippen LogP contribution in [0, 0.1) is 10.1 Å². The Bertz CT molecular complexity index is 426. The topological polar surface area (TPSA) is 80.4 Å². The summed E-state index contributed by atoms with van der Waals surface area (Å²) in [7, 11) is 0. The van der Waals surface area contributed by atoms with Crippen LogP contribution in [0.25, 0.3) is 6.08 Å². The Balaban J connectivity index is 2.99. The maximum atomic E-state index is 10.6. The molecule has 1 N–H and O–H groups in total. The highest BCUT2D eigenvalue weighted by atomic mass is 16.6. The molecule has 0 bridgehead atoms. The fourth-order valence-electron chi connectivity index (χ4n) is 1.23. The quantitative estimate of drug-likeness (QED) is 0.467. The van der Waals surface area contributed by atoms with Gasteiger partial charge in [-0.2, -0.15) is 0 Å². The number of rotatable bonds is 5. The zero-order valence-electron chi connectivity index (χ0n) is 8.50. The molecule has 0 spiro atoms. The number of benzene rings is 1. The van der Waals surface area contributed by atoms with Gasteiger partial charge in [-0.15, -0.1) is 0 Å². The summed E-state index contributed by atoms with van der Waals surface area (Å²) in [5.74, 6) is 0. The fourth-order valence-corrected chi connectivity index (χ4v) is 1.23. The van der Waals surface area contributed by atoms with Gasteiger partial charge in [0.25, 0.3) is 5.69 Å². The van der Waals surface area contributed by atoms with Crippen molar-refractivity contribution in [3.63, 3.8) is 0 Å². The minimum atomic E-state index is -0.592. The number of aldehydes is 1. The van der Waals surface area contributed by atoms with E-state index in [4.69, 9.17) is 5.11 Å². The largest absolute Gasteiger partial charge is 0.396 e. The zero-order valence-corrected chi connectivity index (χ0v) is 8.50. The lowest BCUT2D eigenvalue weighted by molar-refractivity contribution is -0.385. The molecule has 1 rings (SSSR count). The van der Waals surface area contributed by atoms with E-state index >= 15 is 0 Å². The van der Waals surface area contributed by atoms with Crippen LogP contribution in [0.15, 0.2) is 24.3 Å². The molecule has 0 saturated heterocycles. The number of hydrogen-bond acceptors (Lipinski definition) is 4. The summed E-state index contributed by atoms with van der Waals surface area (Å²) in [6, 6.07) is 4.29. The van der Waals surface area contributed by atoms with E-state index in [0.29, 0.717) is 18.3 Å². The highest BCUT2D eigenvalue weighted by Crippen LogP contribution is 2.18. The van der Waals surface area contributed by atoms with E-state index in [1.807, 2.05) is 0 Å². The fraction of sp³-hybridized carbons (Fsp3) is 0.182. The minimum absolute atomic E-state index is 0.0457. The van der Waals surface area contributed by atoms with Crippen molar-refractivity contribution < 1.29 is 14.8 Å². The molecule has 5 nitrogen and oxygen atoms in total. The molecule has 0 atom stereocenters. The van der Waals surface area contributed by atoms with Crippen LogP contribution in [0.4, 0.5) is 5.69 Å². The Morgan fingerprint density at radius 1 is 1.44 bits per heavy atom. The number of nitrogens with zero attached hydrogens (tertiary/aromatic N) is 1. The van der Waals surface area contributed by atoms with Crippen LogP contribution in [0.1, 0.15) is 22.3 Å². The summed E-state index contributed by atoms with van der Waals surface area (Å²) >= 11 is 0. The predicted octanol–water partition coefficient (Wildman–Crippen LogP) is 1.80. The van der Waals surface area contributed by atoms with E-state index in [2.05, 4.69) is 0 Å². The van der Waals surface area contributed by atoms with Crippen LogP contribution in [0.2, 0.25) is 0 Å². The first-order valence-corrected chi connectivity index (χ1v) is 4.70. The molecule has 0 radical (unpaired) electrons. The second-order valence-corrected chi connectivity index (χ2v) is 3.11. The molecule has 0 aliphatic heterocycles. The molecule has 5 heteroatoms. The van der Waals surface area contributed by atoms with Gasteiger partial charge in [-0.1, -0.05) is 12.2 Å². The molecule has 0 amide bonds. The monoisotopic (exact) mass is 221 g/mol. The van der Waals surface area contributed by atoms with Gasteiger partial charge in [0.1, 0.15) is 0 Å². The number of nitro groups is 1. The van der Waals surface area contributed by atoms with Crippen LogP contribution >= 0.6 is 0 Å². The normalized spacial score (nSPS) is 10.6. The second-order valence-electron chi connectivity index (χ2n) is 3.11. The standard InChI is InChI=1S/C11H11NO4/c13-6-2-1-3-9-4-5-11(12(15)16)10(7-9)8-14/h1,3-5,7-8,13H,2,6H2. The zero-order chi connectivity index (χ0) is 12.0. The van der Waals surface area contributed by atoms with Crippen molar-refractivity contribution in [1.82, 2.24) is 0 Å². The van der Waals surface area contributed by atoms with Crippen molar-refractivity contribution >= 4 is 18.0 Å². The summed E-state index contributed by atoms with van der Waals surface area (Å²) in [5.41, 5.74) is 0.548.